The molecule has 1 N–H and O–H groups in total. The molecule has 3 aromatic rings. The predicted molar refractivity (Wildman–Crippen MR) is 113 cm³/mol. The molecule has 0 aliphatic rings. The Morgan fingerprint density at radius 3 is 2.07 bits per heavy atom. The van der Waals surface area contributed by atoms with Crippen LogP contribution < -0.4 is 10.1 Å². The molecule has 6 nitrogen and oxygen atoms in total. The molecule has 3 aromatic carbocycles. The van der Waals surface area contributed by atoms with Crippen molar-refractivity contribution in [1.82, 2.24) is 4.31 Å². The highest BCUT2D eigenvalue weighted by Gasteiger charge is 2.31. The molecule has 0 aromatic heterocycles. The summed E-state index contributed by atoms with van der Waals surface area (Å²) in [5, 5.41) is 2.81. The quantitative estimate of drug-likeness (QED) is 0.638. The van der Waals surface area contributed by atoms with Crippen molar-refractivity contribution >= 4 is 21.6 Å². The summed E-state index contributed by atoms with van der Waals surface area (Å²) in [4.78, 5) is 13.1. The third-order valence-electron chi connectivity index (χ3n) is 4.37. The predicted octanol–water partition coefficient (Wildman–Crippen LogP) is 4.05. The summed E-state index contributed by atoms with van der Waals surface area (Å²) in [5.74, 6) is 0.608. The lowest BCUT2D eigenvalue weighted by molar-refractivity contribution is -0.119. The molecule has 0 aliphatic carbocycles. The molecule has 0 fully saturated rings. The number of carbonyl (C=O) groups is 1. The number of para-hydroxylation sites is 3. The smallest absolute Gasteiger partial charge is 0.247 e. The zero-order valence-electron chi connectivity index (χ0n) is 16.1. The molecule has 0 unspecified atom stereocenters. The maximum Gasteiger partial charge on any atom is 0.247 e. The van der Waals surface area contributed by atoms with Crippen LogP contribution in [-0.2, 0) is 14.8 Å². The summed E-state index contributed by atoms with van der Waals surface area (Å²) in [5.41, 5.74) is 1.02. The topological polar surface area (TPSA) is 75.7 Å². The molecule has 0 aliphatic heterocycles. The summed E-state index contributed by atoms with van der Waals surface area (Å²) in [7, 11) is -2.22. The van der Waals surface area contributed by atoms with Gasteiger partial charge in [-0.3, -0.25) is 4.79 Å². The summed E-state index contributed by atoms with van der Waals surface area (Å²) in [6.45, 7) is 0. The number of sulfonamides is 1. The van der Waals surface area contributed by atoms with E-state index >= 15 is 0 Å². The molecule has 0 saturated carbocycles. The number of likely N-dealkylation sites (N-methyl/N-ethyl adjacent to an activating group) is 1. The number of rotatable bonds is 7. The van der Waals surface area contributed by atoms with Crippen molar-refractivity contribution in [1.29, 1.82) is 0 Å². The molecule has 7 heteroatoms. The molecular weight excluding hydrogens is 388 g/mol. The van der Waals surface area contributed by atoms with Crippen molar-refractivity contribution in [3.63, 3.8) is 0 Å². The lowest BCUT2D eigenvalue weighted by atomic mass is 10.1. The lowest BCUT2D eigenvalue weighted by Gasteiger charge is -2.26. The van der Waals surface area contributed by atoms with Gasteiger partial charge in [-0.2, -0.15) is 4.31 Å². The average Bonchev–Trinajstić information content (AvgIpc) is 2.70. The zero-order valence-corrected chi connectivity index (χ0v) is 17.0. The minimum Gasteiger partial charge on any atom is -0.455 e. The number of nitrogens with zero attached hydrogens (tertiary/aromatic N) is 1. The van der Waals surface area contributed by atoms with Gasteiger partial charge in [-0.15, -0.1) is 0 Å². The zero-order chi connectivity index (χ0) is 20.9. The van der Waals surface area contributed by atoms with Gasteiger partial charge in [-0.25, -0.2) is 8.42 Å². The van der Waals surface area contributed by atoms with Gasteiger partial charge < -0.3 is 10.1 Å². The first kappa shape index (κ1) is 20.6. The maximum absolute atomic E-state index is 13.1. The Morgan fingerprint density at radius 1 is 0.897 bits per heavy atom. The Balaban J connectivity index is 1.91. The molecule has 29 heavy (non-hydrogen) atoms. The molecule has 3 rings (SSSR count). The molecule has 0 bridgehead atoms. The standard InChI is InChI=1S/C22H22N2O4S/c1-24(29(2,26)27)21(17-11-5-3-6-12-17)22(25)23-19-15-9-10-16-20(19)28-18-13-7-4-8-14-18/h3-16,21H,1-2H3,(H,23,25)/t21-/m1/s1. The number of hydrogen-bond donors (Lipinski definition) is 1. The van der Waals surface area contributed by atoms with Gasteiger partial charge >= 0.3 is 0 Å². The fourth-order valence-electron chi connectivity index (χ4n) is 2.83. The third kappa shape index (κ3) is 5.22. The first-order valence-corrected chi connectivity index (χ1v) is 10.8. The van der Waals surface area contributed by atoms with Crippen LogP contribution in [0.3, 0.4) is 0 Å². The molecule has 150 valence electrons. The number of ether oxygens (including phenoxy) is 1. The average molecular weight is 410 g/mol. The van der Waals surface area contributed by atoms with E-state index in [9.17, 15) is 13.2 Å². The van der Waals surface area contributed by atoms with Crippen LogP contribution in [0.2, 0.25) is 0 Å². The molecule has 1 atom stereocenters. The maximum atomic E-state index is 13.1. The van der Waals surface area contributed by atoms with Crippen LogP contribution in [-0.4, -0.2) is 31.9 Å². The highest BCUT2D eigenvalue weighted by Crippen LogP contribution is 2.31. The van der Waals surface area contributed by atoms with Crippen LogP contribution in [0.25, 0.3) is 0 Å². The Morgan fingerprint density at radius 2 is 1.45 bits per heavy atom. The fraction of sp³-hybridized carbons (Fsp3) is 0.136. The summed E-state index contributed by atoms with van der Waals surface area (Å²) >= 11 is 0. The van der Waals surface area contributed by atoms with Gasteiger partial charge in [0.05, 0.1) is 11.9 Å². The van der Waals surface area contributed by atoms with Crippen LogP contribution >= 0.6 is 0 Å². The molecule has 0 saturated heterocycles. The lowest BCUT2D eigenvalue weighted by Crippen LogP contribution is -2.38. The van der Waals surface area contributed by atoms with Crippen LogP contribution in [0.5, 0.6) is 11.5 Å². The number of hydrogen-bond acceptors (Lipinski definition) is 4. The number of amides is 1. The van der Waals surface area contributed by atoms with Crippen molar-refractivity contribution in [2.75, 3.05) is 18.6 Å². The van der Waals surface area contributed by atoms with Gasteiger partial charge in [0, 0.05) is 7.05 Å². The second-order valence-corrected chi connectivity index (χ2v) is 8.53. The fourth-order valence-corrected chi connectivity index (χ4v) is 3.43. The Bertz CT molecular complexity index is 1070. The SMILES string of the molecule is CN([C@@H](C(=O)Nc1ccccc1Oc1ccccc1)c1ccccc1)S(C)(=O)=O. The van der Waals surface area contributed by atoms with Crippen molar-refractivity contribution in [3.8, 4) is 11.5 Å². The Labute approximate surface area is 170 Å². The van der Waals surface area contributed by atoms with E-state index in [-0.39, 0.29) is 0 Å². The van der Waals surface area contributed by atoms with Gasteiger partial charge in [-0.05, 0) is 29.8 Å². The van der Waals surface area contributed by atoms with Crippen LogP contribution in [0.1, 0.15) is 11.6 Å². The van der Waals surface area contributed by atoms with E-state index < -0.39 is 22.0 Å². The number of nitrogens with one attached hydrogen (secondary N) is 1. The van der Waals surface area contributed by atoms with Crippen molar-refractivity contribution < 1.29 is 17.9 Å². The highest BCUT2D eigenvalue weighted by molar-refractivity contribution is 7.88. The number of carbonyl (C=O) groups excluding carboxylic acids is 1. The van der Waals surface area contributed by atoms with Gasteiger partial charge in [0.2, 0.25) is 15.9 Å². The number of benzene rings is 3. The minimum atomic E-state index is -3.60. The molecule has 0 radical (unpaired) electrons. The van der Waals surface area contributed by atoms with Crippen LogP contribution in [0.15, 0.2) is 84.9 Å². The van der Waals surface area contributed by atoms with Crippen molar-refractivity contribution in [2.24, 2.45) is 0 Å². The monoisotopic (exact) mass is 410 g/mol. The van der Waals surface area contributed by atoms with Gasteiger partial charge in [0.25, 0.3) is 0 Å². The Hall–Kier alpha value is -3.16. The second-order valence-electron chi connectivity index (χ2n) is 6.49. The van der Waals surface area contributed by atoms with E-state index in [1.165, 1.54) is 7.05 Å². The van der Waals surface area contributed by atoms with Crippen molar-refractivity contribution in [3.05, 3.63) is 90.5 Å². The highest BCUT2D eigenvalue weighted by atomic mass is 32.2. The van der Waals surface area contributed by atoms with E-state index in [2.05, 4.69) is 5.32 Å². The molecule has 0 spiro atoms. The minimum absolute atomic E-state index is 0.448. The molecule has 1 amide bonds. The van der Waals surface area contributed by atoms with E-state index in [0.29, 0.717) is 22.7 Å². The van der Waals surface area contributed by atoms with E-state index in [1.54, 1.807) is 48.5 Å². The van der Waals surface area contributed by atoms with Crippen LogP contribution in [0, 0.1) is 0 Å². The largest absolute Gasteiger partial charge is 0.455 e. The number of anilines is 1. The van der Waals surface area contributed by atoms with E-state index in [0.717, 1.165) is 10.6 Å². The first-order chi connectivity index (χ1) is 13.9. The summed E-state index contributed by atoms with van der Waals surface area (Å²) < 4.78 is 31.2. The van der Waals surface area contributed by atoms with E-state index in [1.807, 2.05) is 36.4 Å². The summed E-state index contributed by atoms with van der Waals surface area (Å²) in [6.07, 6.45) is 1.07. The Kier molecular flexibility index (Phi) is 6.31. The summed E-state index contributed by atoms with van der Waals surface area (Å²) in [6, 6.07) is 24.0. The van der Waals surface area contributed by atoms with E-state index in [4.69, 9.17) is 4.74 Å². The molecule has 0 heterocycles. The van der Waals surface area contributed by atoms with Crippen molar-refractivity contribution in [2.45, 2.75) is 6.04 Å². The third-order valence-corrected chi connectivity index (χ3v) is 5.62. The molecular formula is C22H22N2O4S. The van der Waals surface area contributed by atoms with Gasteiger partial charge in [-0.1, -0.05) is 60.7 Å². The normalized spacial score (nSPS) is 12.4. The first-order valence-electron chi connectivity index (χ1n) is 8.97. The van der Waals surface area contributed by atoms with Gasteiger partial charge in [0.15, 0.2) is 5.75 Å². The van der Waals surface area contributed by atoms with Gasteiger partial charge in [0.1, 0.15) is 11.8 Å². The van der Waals surface area contributed by atoms with Crippen LogP contribution in [0.4, 0.5) is 5.69 Å². The second kappa shape index (κ2) is 8.89.